The molecule has 2 aromatic carbocycles. The maximum atomic E-state index is 3.67. The molecule has 0 aliphatic heterocycles. The minimum Gasteiger partial charge on any atom is -0.310 e. The molecule has 1 aliphatic rings. The second-order valence-corrected chi connectivity index (χ2v) is 5.33. The third-order valence-corrected chi connectivity index (χ3v) is 3.97. The van der Waals surface area contributed by atoms with Crippen LogP contribution in [0, 0.1) is 0 Å². The molecule has 1 unspecified atom stereocenters. The van der Waals surface area contributed by atoms with Gasteiger partial charge >= 0.3 is 0 Å². The molecule has 1 N–H and O–H groups in total. The monoisotopic (exact) mass is 251 g/mol. The summed E-state index contributed by atoms with van der Waals surface area (Å²) in [6.45, 7) is 3.34. The van der Waals surface area contributed by atoms with Crippen molar-refractivity contribution in [2.24, 2.45) is 0 Å². The maximum absolute atomic E-state index is 3.67. The fourth-order valence-corrected chi connectivity index (χ4v) is 2.94. The quantitative estimate of drug-likeness (QED) is 0.852. The summed E-state index contributed by atoms with van der Waals surface area (Å²) in [4.78, 5) is 0. The maximum Gasteiger partial charge on any atom is 0.0326 e. The summed E-state index contributed by atoms with van der Waals surface area (Å²) in [5.41, 5.74) is 5.68. The minimum atomic E-state index is 0.554. The number of rotatable bonds is 4. The van der Waals surface area contributed by atoms with Crippen LogP contribution in [0.3, 0.4) is 0 Å². The van der Waals surface area contributed by atoms with E-state index in [1.807, 2.05) is 0 Å². The van der Waals surface area contributed by atoms with Crippen molar-refractivity contribution in [3.8, 4) is 11.1 Å². The number of hydrogen-bond acceptors (Lipinski definition) is 1. The third-order valence-electron chi connectivity index (χ3n) is 3.97. The van der Waals surface area contributed by atoms with Gasteiger partial charge in [-0.25, -0.2) is 0 Å². The van der Waals surface area contributed by atoms with Gasteiger partial charge in [0.05, 0.1) is 0 Å². The summed E-state index contributed by atoms with van der Waals surface area (Å²) < 4.78 is 0. The molecular formula is C18H21N. The lowest BCUT2D eigenvalue weighted by Crippen LogP contribution is -2.19. The Morgan fingerprint density at radius 3 is 2.68 bits per heavy atom. The van der Waals surface area contributed by atoms with Gasteiger partial charge in [0.1, 0.15) is 0 Å². The number of hydrogen-bond donors (Lipinski definition) is 1. The zero-order chi connectivity index (χ0) is 13.1. The van der Waals surface area contributed by atoms with E-state index in [4.69, 9.17) is 0 Å². The topological polar surface area (TPSA) is 12.0 Å². The molecule has 1 atom stereocenters. The molecule has 98 valence electrons. The van der Waals surface area contributed by atoms with E-state index in [9.17, 15) is 0 Å². The number of aryl methyl sites for hydroxylation is 1. The summed E-state index contributed by atoms with van der Waals surface area (Å²) in [6, 6.07) is 18.2. The van der Waals surface area contributed by atoms with E-state index in [2.05, 4.69) is 60.8 Å². The molecule has 1 aliphatic carbocycles. The van der Waals surface area contributed by atoms with Gasteiger partial charge in [-0.05, 0) is 54.1 Å². The lowest BCUT2D eigenvalue weighted by molar-refractivity contribution is 0.529. The van der Waals surface area contributed by atoms with E-state index in [1.165, 1.54) is 41.5 Å². The summed E-state index contributed by atoms with van der Waals surface area (Å²) in [7, 11) is 0. The van der Waals surface area contributed by atoms with E-state index < -0.39 is 0 Å². The number of benzene rings is 2. The van der Waals surface area contributed by atoms with Gasteiger partial charge in [0, 0.05) is 6.04 Å². The fourth-order valence-electron chi connectivity index (χ4n) is 2.94. The fraction of sp³-hybridized carbons (Fsp3) is 0.333. The summed E-state index contributed by atoms with van der Waals surface area (Å²) in [5, 5.41) is 3.67. The van der Waals surface area contributed by atoms with Crippen LogP contribution < -0.4 is 5.32 Å². The Bertz CT molecular complexity index is 545. The lowest BCUT2D eigenvalue weighted by atomic mass is 9.99. The van der Waals surface area contributed by atoms with Gasteiger partial charge in [-0.2, -0.15) is 0 Å². The highest BCUT2D eigenvalue weighted by atomic mass is 14.9. The Balaban J connectivity index is 1.90. The van der Waals surface area contributed by atoms with E-state index in [-0.39, 0.29) is 0 Å². The molecule has 0 heterocycles. The Hall–Kier alpha value is -1.60. The zero-order valence-electron chi connectivity index (χ0n) is 11.5. The first-order chi connectivity index (χ1) is 9.38. The third kappa shape index (κ3) is 2.57. The van der Waals surface area contributed by atoms with E-state index in [1.54, 1.807) is 0 Å². The summed E-state index contributed by atoms with van der Waals surface area (Å²) in [5.74, 6) is 0. The van der Waals surface area contributed by atoms with E-state index in [0.29, 0.717) is 6.04 Å². The molecule has 1 nitrogen and oxygen atoms in total. The van der Waals surface area contributed by atoms with Gasteiger partial charge in [0.2, 0.25) is 0 Å². The largest absolute Gasteiger partial charge is 0.310 e. The van der Waals surface area contributed by atoms with Crippen LogP contribution in [0.5, 0.6) is 0 Å². The lowest BCUT2D eigenvalue weighted by Gasteiger charge is -2.14. The van der Waals surface area contributed by atoms with E-state index >= 15 is 0 Å². The highest BCUT2D eigenvalue weighted by Gasteiger charge is 2.21. The first kappa shape index (κ1) is 12.4. The molecule has 0 radical (unpaired) electrons. The van der Waals surface area contributed by atoms with Crippen molar-refractivity contribution in [1.82, 2.24) is 5.32 Å². The van der Waals surface area contributed by atoms with Crippen LogP contribution in [-0.4, -0.2) is 6.54 Å². The Morgan fingerprint density at radius 1 is 1.05 bits per heavy atom. The summed E-state index contributed by atoms with van der Waals surface area (Å²) >= 11 is 0. The van der Waals surface area contributed by atoms with Gasteiger partial charge in [0.15, 0.2) is 0 Å². The normalized spacial score (nSPS) is 17.4. The second-order valence-electron chi connectivity index (χ2n) is 5.33. The molecule has 0 bridgehead atoms. The van der Waals surface area contributed by atoms with Gasteiger partial charge in [-0.1, -0.05) is 49.4 Å². The van der Waals surface area contributed by atoms with Crippen LogP contribution in [0.15, 0.2) is 48.5 Å². The summed E-state index contributed by atoms with van der Waals surface area (Å²) in [6.07, 6.45) is 3.66. The molecule has 2 aromatic rings. The van der Waals surface area contributed by atoms with Crippen LogP contribution in [0.4, 0.5) is 0 Å². The van der Waals surface area contributed by atoms with Crippen molar-refractivity contribution in [2.75, 3.05) is 6.54 Å². The molecule has 0 amide bonds. The molecule has 0 saturated heterocycles. The molecular weight excluding hydrogens is 230 g/mol. The van der Waals surface area contributed by atoms with Crippen molar-refractivity contribution < 1.29 is 0 Å². The average molecular weight is 251 g/mol. The molecule has 0 aromatic heterocycles. The molecule has 3 rings (SSSR count). The predicted molar refractivity (Wildman–Crippen MR) is 81.2 cm³/mol. The van der Waals surface area contributed by atoms with Gasteiger partial charge in [-0.15, -0.1) is 0 Å². The van der Waals surface area contributed by atoms with E-state index in [0.717, 1.165) is 6.54 Å². The molecule has 0 fully saturated rings. The second kappa shape index (κ2) is 5.58. The first-order valence-electron chi connectivity index (χ1n) is 7.30. The smallest absolute Gasteiger partial charge is 0.0326 e. The predicted octanol–water partition coefficient (Wildman–Crippen LogP) is 4.34. The SMILES string of the molecule is CCCNC1CCc2ccc(-c3ccccc3)cc21. The highest BCUT2D eigenvalue weighted by Crippen LogP contribution is 2.34. The first-order valence-corrected chi connectivity index (χ1v) is 7.30. The Labute approximate surface area is 115 Å². The van der Waals surface area contributed by atoms with Gasteiger partial charge in [0.25, 0.3) is 0 Å². The minimum absolute atomic E-state index is 0.554. The Morgan fingerprint density at radius 2 is 1.89 bits per heavy atom. The molecule has 19 heavy (non-hydrogen) atoms. The van der Waals surface area contributed by atoms with Gasteiger partial charge < -0.3 is 5.32 Å². The van der Waals surface area contributed by atoms with Crippen molar-refractivity contribution in [3.63, 3.8) is 0 Å². The Kier molecular flexibility index (Phi) is 3.65. The van der Waals surface area contributed by atoms with Crippen molar-refractivity contribution in [2.45, 2.75) is 32.2 Å². The van der Waals surface area contributed by atoms with Crippen LogP contribution in [0.2, 0.25) is 0 Å². The number of nitrogens with one attached hydrogen (secondary N) is 1. The van der Waals surface area contributed by atoms with Crippen LogP contribution in [0.25, 0.3) is 11.1 Å². The zero-order valence-corrected chi connectivity index (χ0v) is 11.5. The molecule has 0 saturated carbocycles. The number of fused-ring (bicyclic) bond motifs is 1. The van der Waals surface area contributed by atoms with Crippen molar-refractivity contribution in [1.29, 1.82) is 0 Å². The van der Waals surface area contributed by atoms with Crippen molar-refractivity contribution >= 4 is 0 Å². The standard InChI is InChI=1S/C18H21N/c1-2-12-19-18-11-10-15-8-9-16(13-17(15)18)14-6-4-3-5-7-14/h3-9,13,18-19H,2,10-12H2,1H3. The highest BCUT2D eigenvalue weighted by molar-refractivity contribution is 5.65. The van der Waals surface area contributed by atoms with Crippen LogP contribution in [-0.2, 0) is 6.42 Å². The molecule has 0 spiro atoms. The van der Waals surface area contributed by atoms with Crippen molar-refractivity contribution in [3.05, 3.63) is 59.7 Å². The van der Waals surface area contributed by atoms with Crippen LogP contribution in [0.1, 0.15) is 36.9 Å². The van der Waals surface area contributed by atoms with Gasteiger partial charge in [-0.3, -0.25) is 0 Å². The average Bonchev–Trinajstić information content (AvgIpc) is 2.88. The molecule has 1 heteroatoms. The van der Waals surface area contributed by atoms with Crippen LogP contribution >= 0.6 is 0 Å².